The van der Waals surface area contributed by atoms with Crippen molar-refractivity contribution in [1.82, 2.24) is 15.2 Å². The van der Waals surface area contributed by atoms with Crippen LogP contribution >= 0.6 is 23.2 Å². The fourth-order valence-corrected chi connectivity index (χ4v) is 2.65. The number of aliphatic hydroxyl groups excluding tert-OH is 1. The van der Waals surface area contributed by atoms with E-state index in [9.17, 15) is 5.11 Å². The number of nitrogens with one attached hydrogen (secondary N) is 1. The Labute approximate surface area is 128 Å². The van der Waals surface area contributed by atoms with Gasteiger partial charge in [-0.3, -0.25) is 9.88 Å². The summed E-state index contributed by atoms with van der Waals surface area (Å²) in [5.41, 5.74) is 0.348. The first kappa shape index (κ1) is 15.9. The number of pyridine rings is 1. The van der Waals surface area contributed by atoms with Gasteiger partial charge < -0.3 is 15.2 Å². The maximum Gasteiger partial charge on any atom is 0.0800 e. The van der Waals surface area contributed by atoms with Crippen LogP contribution in [0.15, 0.2) is 12.3 Å². The Morgan fingerprint density at radius 1 is 1.55 bits per heavy atom. The summed E-state index contributed by atoms with van der Waals surface area (Å²) in [5, 5.41) is 14.0. The molecule has 7 heteroatoms. The topological polar surface area (TPSA) is 57.6 Å². The number of morpholine rings is 1. The van der Waals surface area contributed by atoms with Crippen LogP contribution in [0.25, 0.3) is 0 Å². The Hall–Kier alpha value is -0.430. The second-order valence-corrected chi connectivity index (χ2v) is 5.89. The minimum absolute atomic E-state index is 0.0400. The molecule has 0 bridgehead atoms. The SMILES string of the molecule is CN1CCOCC1(CO)CNCc1ncc(Cl)cc1Cl. The molecule has 1 fully saturated rings. The Morgan fingerprint density at radius 3 is 3.00 bits per heavy atom. The maximum atomic E-state index is 9.68. The van der Waals surface area contributed by atoms with Crippen molar-refractivity contribution in [3.05, 3.63) is 28.0 Å². The standard InChI is InChI=1S/C13H19Cl2N3O2/c1-18-2-3-20-9-13(18,8-19)7-16-6-12-11(15)4-10(14)5-17-12/h4-5,16,19H,2-3,6-9H2,1H3. The van der Waals surface area contributed by atoms with Gasteiger partial charge in [-0.2, -0.15) is 0 Å². The van der Waals surface area contributed by atoms with E-state index in [1.165, 1.54) is 0 Å². The third kappa shape index (κ3) is 3.61. The van der Waals surface area contributed by atoms with Crippen molar-refractivity contribution < 1.29 is 9.84 Å². The highest BCUT2D eigenvalue weighted by Gasteiger charge is 2.36. The minimum Gasteiger partial charge on any atom is -0.394 e. The molecule has 2 N–H and O–H groups in total. The summed E-state index contributed by atoms with van der Waals surface area (Å²) in [7, 11) is 1.99. The third-order valence-electron chi connectivity index (χ3n) is 3.68. The lowest BCUT2D eigenvalue weighted by atomic mass is 9.98. The van der Waals surface area contributed by atoms with Crippen LogP contribution in [0.5, 0.6) is 0 Å². The van der Waals surface area contributed by atoms with Gasteiger partial charge in [-0.05, 0) is 13.1 Å². The van der Waals surface area contributed by atoms with Gasteiger partial charge in [-0.15, -0.1) is 0 Å². The summed E-state index contributed by atoms with van der Waals surface area (Å²) in [4.78, 5) is 6.32. The molecular weight excluding hydrogens is 301 g/mol. The zero-order chi connectivity index (χ0) is 14.6. The molecule has 1 aromatic heterocycles. The molecule has 1 aliphatic rings. The molecule has 1 unspecified atom stereocenters. The van der Waals surface area contributed by atoms with Gasteiger partial charge in [0, 0.05) is 25.8 Å². The van der Waals surface area contributed by atoms with Crippen LogP contribution in [-0.2, 0) is 11.3 Å². The van der Waals surface area contributed by atoms with Gasteiger partial charge in [0.05, 0.1) is 41.1 Å². The smallest absolute Gasteiger partial charge is 0.0800 e. The van der Waals surface area contributed by atoms with E-state index < -0.39 is 5.54 Å². The van der Waals surface area contributed by atoms with Crippen molar-refractivity contribution in [3.63, 3.8) is 0 Å². The van der Waals surface area contributed by atoms with E-state index in [-0.39, 0.29) is 6.61 Å². The van der Waals surface area contributed by atoms with Crippen molar-refractivity contribution in [2.75, 3.05) is 40.0 Å². The van der Waals surface area contributed by atoms with Crippen LogP contribution < -0.4 is 5.32 Å². The second kappa shape index (κ2) is 7.02. The third-order valence-corrected chi connectivity index (χ3v) is 4.21. The highest BCUT2D eigenvalue weighted by atomic mass is 35.5. The molecule has 0 saturated carbocycles. The lowest BCUT2D eigenvalue weighted by Crippen LogP contribution is -2.62. The zero-order valence-electron chi connectivity index (χ0n) is 11.4. The first-order valence-corrected chi connectivity index (χ1v) is 7.23. The van der Waals surface area contributed by atoms with E-state index in [0.717, 1.165) is 12.2 Å². The van der Waals surface area contributed by atoms with Crippen LogP contribution in [-0.4, -0.2) is 60.5 Å². The van der Waals surface area contributed by atoms with Crippen molar-refractivity contribution in [1.29, 1.82) is 0 Å². The van der Waals surface area contributed by atoms with Crippen molar-refractivity contribution >= 4 is 23.2 Å². The lowest BCUT2D eigenvalue weighted by molar-refractivity contribution is -0.0784. The highest BCUT2D eigenvalue weighted by Crippen LogP contribution is 2.20. The predicted octanol–water partition coefficient (Wildman–Crippen LogP) is 1.17. The Kier molecular flexibility index (Phi) is 5.60. The first-order valence-electron chi connectivity index (χ1n) is 6.48. The van der Waals surface area contributed by atoms with Crippen LogP contribution in [0.3, 0.4) is 0 Å². The summed E-state index contributed by atoms with van der Waals surface area (Å²) in [6.45, 7) is 3.17. The molecular formula is C13H19Cl2N3O2. The van der Waals surface area contributed by atoms with Gasteiger partial charge >= 0.3 is 0 Å². The second-order valence-electron chi connectivity index (χ2n) is 5.04. The van der Waals surface area contributed by atoms with Gasteiger partial charge in [-0.1, -0.05) is 23.2 Å². The zero-order valence-corrected chi connectivity index (χ0v) is 12.9. The molecule has 20 heavy (non-hydrogen) atoms. The quantitative estimate of drug-likeness (QED) is 0.853. The van der Waals surface area contributed by atoms with Crippen LogP contribution in [0.4, 0.5) is 0 Å². The summed E-state index contributed by atoms with van der Waals surface area (Å²) in [6.07, 6.45) is 1.57. The minimum atomic E-state index is -0.392. The van der Waals surface area contributed by atoms with Gasteiger partial charge in [0.1, 0.15) is 0 Å². The monoisotopic (exact) mass is 319 g/mol. The molecule has 0 radical (unpaired) electrons. The fourth-order valence-electron chi connectivity index (χ4n) is 2.21. The molecule has 1 atom stereocenters. The average Bonchev–Trinajstić information content (AvgIpc) is 2.43. The number of aromatic nitrogens is 1. The van der Waals surface area contributed by atoms with Crippen LogP contribution in [0.2, 0.25) is 10.0 Å². The van der Waals surface area contributed by atoms with Crippen molar-refractivity contribution in [2.24, 2.45) is 0 Å². The molecule has 1 aliphatic heterocycles. The van der Waals surface area contributed by atoms with Crippen molar-refractivity contribution in [2.45, 2.75) is 12.1 Å². The fraction of sp³-hybridized carbons (Fsp3) is 0.615. The summed E-state index contributed by atoms with van der Waals surface area (Å²) < 4.78 is 5.49. The number of hydrogen-bond donors (Lipinski definition) is 2. The van der Waals surface area contributed by atoms with Crippen LogP contribution in [0.1, 0.15) is 5.69 Å². The Balaban J connectivity index is 1.93. The number of likely N-dealkylation sites (N-methyl/N-ethyl adjacent to an activating group) is 1. The molecule has 2 heterocycles. The Bertz CT molecular complexity index is 461. The van der Waals surface area contributed by atoms with Crippen molar-refractivity contribution in [3.8, 4) is 0 Å². The number of hydrogen-bond acceptors (Lipinski definition) is 5. The number of nitrogens with zero attached hydrogens (tertiary/aromatic N) is 2. The van der Waals surface area contributed by atoms with E-state index in [1.807, 2.05) is 7.05 Å². The first-order chi connectivity index (χ1) is 9.57. The molecule has 1 aromatic rings. The van der Waals surface area contributed by atoms with E-state index in [2.05, 4.69) is 15.2 Å². The summed E-state index contributed by atoms with van der Waals surface area (Å²) in [6, 6.07) is 1.67. The predicted molar refractivity (Wildman–Crippen MR) is 79.2 cm³/mol. The van der Waals surface area contributed by atoms with Gasteiger partial charge in [0.2, 0.25) is 0 Å². The molecule has 5 nitrogen and oxygen atoms in total. The molecule has 2 rings (SSSR count). The number of ether oxygens (including phenoxy) is 1. The van der Waals surface area contributed by atoms with E-state index in [4.69, 9.17) is 27.9 Å². The van der Waals surface area contributed by atoms with E-state index in [0.29, 0.717) is 36.3 Å². The largest absolute Gasteiger partial charge is 0.394 e. The molecule has 0 aliphatic carbocycles. The molecule has 0 spiro atoms. The van der Waals surface area contributed by atoms with Gasteiger partial charge in [0.25, 0.3) is 0 Å². The number of aliphatic hydroxyl groups is 1. The molecule has 112 valence electrons. The number of rotatable bonds is 5. The van der Waals surface area contributed by atoms with E-state index >= 15 is 0 Å². The van der Waals surface area contributed by atoms with Crippen LogP contribution in [0, 0.1) is 0 Å². The van der Waals surface area contributed by atoms with Gasteiger partial charge in [-0.25, -0.2) is 0 Å². The molecule has 1 saturated heterocycles. The summed E-state index contributed by atoms with van der Waals surface area (Å²) >= 11 is 11.9. The highest BCUT2D eigenvalue weighted by molar-refractivity contribution is 6.34. The Morgan fingerprint density at radius 2 is 2.35 bits per heavy atom. The summed E-state index contributed by atoms with van der Waals surface area (Å²) in [5.74, 6) is 0. The maximum absolute atomic E-state index is 9.68. The van der Waals surface area contributed by atoms with E-state index in [1.54, 1.807) is 12.3 Å². The average molecular weight is 320 g/mol. The normalized spacial score (nSPS) is 24.0. The molecule has 0 aromatic carbocycles. The number of halogens is 2. The van der Waals surface area contributed by atoms with Gasteiger partial charge in [0.15, 0.2) is 0 Å². The molecule has 0 amide bonds. The lowest BCUT2D eigenvalue weighted by Gasteiger charge is -2.43.